The Kier molecular flexibility index (Phi) is 4.20. The lowest BCUT2D eigenvalue weighted by atomic mass is 10.1. The van der Waals surface area contributed by atoms with Crippen LogP contribution in [0.3, 0.4) is 0 Å². The summed E-state index contributed by atoms with van der Waals surface area (Å²) in [4.78, 5) is 10.9. The van der Waals surface area contributed by atoms with Crippen LogP contribution in [-0.4, -0.2) is 39.1 Å². The minimum Gasteiger partial charge on any atom is -0.384 e. The van der Waals surface area contributed by atoms with Crippen molar-refractivity contribution in [2.75, 3.05) is 25.4 Å². The average Bonchev–Trinajstić information content (AvgIpc) is 3.10. The highest BCUT2D eigenvalue weighted by Crippen LogP contribution is 2.21. The number of rotatable bonds is 5. The maximum absolute atomic E-state index is 5.78. The maximum atomic E-state index is 5.78. The van der Waals surface area contributed by atoms with Crippen LogP contribution in [0, 0.1) is 5.92 Å². The fourth-order valence-electron chi connectivity index (χ4n) is 3.11. The molecule has 0 aromatic carbocycles. The molecule has 3 heterocycles. The first-order valence-corrected chi connectivity index (χ1v) is 7.67. The van der Waals surface area contributed by atoms with Crippen LogP contribution in [0.25, 0.3) is 11.3 Å². The smallest absolute Gasteiger partial charge is 0.123 e. The molecule has 0 bridgehead atoms. The van der Waals surface area contributed by atoms with Crippen molar-refractivity contribution in [1.29, 1.82) is 0 Å². The van der Waals surface area contributed by atoms with Gasteiger partial charge in [0.2, 0.25) is 0 Å². The largest absolute Gasteiger partial charge is 0.384 e. The molecule has 3 rings (SSSR count). The molecule has 0 saturated carbocycles. The first-order chi connectivity index (χ1) is 10.2. The van der Waals surface area contributed by atoms with Crippen LogP contribution in [0.15, 0.2) is 30.9 Å². The van der Waals surface area contributed by atoms with Crippen molar-refractivity contribution in [3.8, 4) is 11.3 Å². The lowest BCUT2D eigenvalue weighted by Gasteiger charge is -2.21. The van der Waals surface area contributed by atoms with Gasteiger partial charge in [-0.05, 0) is 44.0 Å². The lowest BCUT2D eigenvalue weighted by Crippen LogP contribution is -2.27. The van der Waals surface area contributed by atoms with E-state index in [1.54, 1.807) is 6.20 Å². The number of aromatic nitrogens is 3. The van der Waals surface area contributed by atoms with Crippen LogP contribution in [0.2, 0.25) is 0 Å². The highest BCUT2D eigenvalue weighted by molar-refractivity contribution is 5.61. The molecule has 21 heavy (non-hydrogen) atoms. The first kappa shape index (κ1) is 14.1. The molecule has 2 aromatic heterocycles. The van der Waals surface area contributed by atoms with E-state index in [0.29, 0.717) is 11.7 Å². The minimum absolute atomic E-state index is 0.547. The number of imidazole rings is 1. The molecule has 5 nitrogen and oxygen atoms in total. The Morgan fingerprint density at radius 3 is 2.86 bits per heavy atom. The molecule has 2 aromatic rings. The van der Waals surface area contributed by atoms with Crippen molar-refractivity contribution in [2.45, 2.75) is 26.3 Å². The third-order valence-corrected chi connectivity index (χ3v) is 4.07. The van der Waals surface area contributed by atoms with Crippen molar-refractivity contribution in [3.63, 3.8) is 0 Å². The lowest BCUT2D eigenvalue weighted by molar-refractivity contribution is 0.272. The predicted molar refractivity (Wildman–Crippen MR) is 84.7 cm³/mol. The van der Waals surface area contributed by atoms with Gasteiger partial charge in [-0.15, -0.1) is 0 Å². The molecule has 0 aliphatic carbocycles. The van der Waals surface area contributed by atoms with Crippen molar-refractivity contribution in [3.05, 3.63) is 30.9 Å². The second kappa shape index (κ2) is 6.26. The molecule has 0 radical (unpaired) electrons. The van der Waals surface area contributed by atoms with Gasteiger partial charge in [-0.25, -0.2) is 9.97 Å². The SMILES string of the molecule is CC(CN1CCCC1)Cn1cncc1-c1ccnc(N)c1. The third kappa shape index (κ3) is 3.42. The van der Waals surface area contributed by atoms with Gasteiger partial charge >= 0.3 is 0 Å². The van der Waals surface area contributed by atoms with E-state index in [-0.39, 0.29) is 0 Å². The summed E-state index contributed by atoms with van der Waals surface area (Å²) in [7, 11) is 0. The van der Waals surface area contributed by atoms with Gasteiger partial charge in [-0.3, -0.25) is 0 Å². The number of nitrogens with zero attached hydrogens (tertiary/aromatic N) is 4. The van der Waals surface area contributed by atoms with Gasteiger partial charge in [0.15, 0.2) is 0 Å². The summed E-state index contributed by atoms with van der Waals surface area (Å²) in [6.45, 7) is 6.96. The van der Waals surface area contributed by atoms with Crippen molar-refractivity contribution < 1.29 is 0 Å². The molecule has 1 fully saturated rings. The fourth-order valence-corrected chi connectivity index (χ4v) is 3.11. The Bertz CT molecular complexity index is 586. The first-order valence-electron chi connectivity index (χ1n) is 7.67. The number of nitrogen functional groups attached to an aromatic ring is 1. The highest BCUT2D eigenvalue weighted by atomic mass is 15.1. The number of likely N-dealkylation sites (tertiary alicyclic amines) is 1. The van der Waals surface area contributed by atoms with Crippen LogP contribution < -0.4 is 5.73 Å². The van der Waals surface area contributed by atoms with Crippen molar-refractivity contribution >= 4 is 5.82 Å². The average molecular weight is 285 g/mol. The molecule has 1 saturated heterocycles. The summed E-state index contributed by atoms with van der Waals surface area (Å²) in [6, 6.07) is 3.88. The van der Waals surface area contributed by atoms with Crippen LogP contribution in [0.4, 0.5) is 5.82 Å². The topological polar surface area (TPSA) is 60.0 Å². The zero-order valence-electron chi connectivity index (χ0n) is 12.6. The Labute approximate surface area is 125 Å². The summed E-state index contributed by atoms with van der Waals surface area (Å²) >= 11 is 0. The normalized spacial score (nSPS) is 17.2. The molecule has 0 spiro atoms. The van der Waals surface area contributed by atoms with Crippen LogP contribution >= 0.6 is 0 Å². The fraction of sp³-hybridized carbons (Fsp3) is 0.500. The van der Waals surface area contributed by atoms with E-state index in [1.807, 2.05) is 24.7 Å². The number of hydrogen-bond acceptors (Lipinski definition) is 4. The van der Waals surface area contributed by atoms with E-state index >= 15 is 0 Å². The third-order valence-electron chi connectivity index (χ3n) is 4.07. The second-order valence-corrected chi connectivity index (χ2v) is 6.01. The molecular formula is C16H23N5. The molecule has 0 amide bonds. The summed E-state index contributed by atoms with van der Waals surface area (Å²) in [5, 5.41) is 0. The maximum Gasteiger partial charge on any atom is 0.123 e. The van der Waals surface area contributed by atoms with Gasteiger partial charge in [-0.1, -0.05) is 6.92 Å². The zero-order chi connectivity index (χ0) is 14.7. The summed E-state index contributed by atoms with van der Waals surface area (Å²) in [6.07, 6.45) is 8.25. The van der Waals surface area contributed by atoms with E-state index in [2.05, 4.69) is 26.4 Å². The molecule has 1 aliphatic heterocycles. The van der Waals surface area contributed by atoms with Crippen molar-refractivity contribution in [2.24, 2.45) is 5.92 Å². The number of nitrogens with two attached hydrogens (primary N) is 1. The number of hydrogen-bond donors (Lipinski definition) is 1. The summed E-state index contributed by atoms with van der Waals surface area (Å²) < 4.78 is 2.22. The Morgan fingerprint density at radius 1 is 1.29 bits per heavy atom. The predicted octanol–water partition coefficient (Wildman–Crippen LogP) is 2.26. The second-order valence-electron chi connectivity index (χ2n) is 6.01. The van der Waals surface area contributed by atoms with Gasteiger partial charge in [0.25, 0.3) is 0 Å². The van der Waals surface area contributed by atoms with Crippen LogP contribution in [0.5, 0.6) is 0 Å². The van der Waals surface area contributed by atoms with Gasteiger partial charge in [0.1, 0.15) is 5.82 Å². The van der Waals surface area contributed by atoms with E-state index in [9.17, 15) is 0 Å². The van der Waals surface area contributed by atoms with E-state index in [1.165, 1.54) is 25.9 Å². The van der Waals surface area contributed by atoms with Crippen LogP contribution in [0.1, 0.15) is 19.8 Å². The van der Waals surface area contributed by atoms with E-state index in [0.717, 1.165) is 24.3 Å². The van der Waals surface area contributed by atoms with Gasteiger partial charge in [0, 0.05) is 24.8 Å². The Balaban J connectivity index is 1.70. The van der Waals surface area contributed by atoms with Gasteiger partial charge in [-0.2, -0.15) is 0 Å². The van der Waals surface area contributed by atoms with Crippen LogP contribution in [-0.2, 0) is 6.54 Å². The number of pyridine rings is 1. The van der Waals surface area contributed by atoms with E-state index < -0.39 is 0 Å². The highest BCUT2D eigenvalue weighted by Gasteiger charge is 2.16. The summed E-state index contributed by atoms with van der Waals surface area (Å²) in [5.41, 5.74) is 7.96. The Morgan fingerprint density at radius 2 is 2.10 bits per heavy atom. The monoisotopic (exact) mass is 285 g/mol. The van der Waals surface area contributed by atoms with Gasteiger partial charge < -0.3 is 15.2 Å². The molecule has 1 atom stereocenters. The van der Waals surface area contributed by atoms with Gasteiger partial charge in [0.05, 0.1) is 18.2 Å². The zero-order valence-corrected chi connectivity index (χ0v) is 12.6. The molecule has 2 N–H and O–H groups in total. The molecule has 5 heteroatoms. The molecule has 1 aliphatic rings. The quantitative estimate of drug-likeness (QED) is 0.915. The number of anilines is 1. The summed E-state index contributed by atoms with van der Waals surface area (Å²) in [5.74, 6) is 1.15. The van der Waals surface area contributed by atoms with Crippen molar-refractivity contribution in [1.82, 2.24) is 19.4 Å². The molecule has 112 valence electrons. The molecule has 1 unspecified atom stereocenters. The van der Waals surface area contributed by atoms with E-state index in [4.69, 9.17) is 5.73 Å². The Hall–Kier alpha value is -1.88. The standard InChI is InChI=1S/C16H23N5/c1-13(10-20-6-2-3-7-20)11-21-12-18-9-15(21)14-4-5-19-16(17)8-14/h4-5,8-9,12-13H,2-3,6-7,10-11H2,1H3,(H2,17,19). The minimum atomic E-state index is 0.547. The molecular weight excluding hydrogens is 262 g/mol.